The van der Waals surface area contributed by atoms with Crippen molar-refractivity contribution in [1.29, 1.82) is 0 Å². The monoisotopic (exact) mass is 693 g/mol. The van der Waals surface area contributed by atoms with Crippen molar-refractivity contribution in [3.05, 3.63) is 64.1 Å². The Hall–Kier alpha value is -4.13. The second kappa shape index (κ2) is 18.0. The molecule has 45 heavy (non-hydrogen) atoms. The maximum atomic E-state index is 11.9. The average Bonchev–Trinajstić information content (AvgIpc) is 2.89. The molecule has 0 bridgehead atoms. The van der Waals surface area contributed by atoms with E-state index in [1.165, 1.54) is 21.1 Å². The summed E-state index contributed by atoms with van der Waals surface area (Å²) >= 11 is 3.37. The number of methoxy groups -OCH3 is 2. The highest BCUT2D eigenvalue weighted by molar-refractivity contribution is 9.10. The van der Waals surface area contributed by atoms with E-state index < -0.39 is 47.4 Å². The summed E-state index contributed by atoms with van der Waals surface area (Å²) in [7, 11) is 2.53. The highest BCUT2D eigenvalue weighted by atomic mass is 79.9. The number of carbonyl (C=O) groups is 5. The van der Waals surface area contributed by atoms with Crippen LogP contribution in [0.1, 0.15) is 59.6 Å². The molecule has 0 aliphatic heterocycles. The Morgan fingerprint density at radius 1 is 0.711 bits per heavy atom. The third-order valence-corrected chi connectivity index (χ3v) is 5.86. The van der Waals surface area contributed by atoms with Crippen LogP contribution < -0.4 is 16.0 Å². The van der Waals surface area contributed by atoms with Gasteiger partial charge in [0, 0.05) is 29.9 Å². The first-order valence-electron chi connectivity index (χ1n) is 14.1. The van der Waals surface area contributed by atoms with Crippen LogP contribution in [0.3, 0.4) is 0 Å². The van der Waals surface area contributed by atoms with E-state index in [2.05, 4.69) is 31.9 Å². The Bertz CT molecular complexity index is 1320. The minimum absolute atomic E-state index is 0.191. The van der Waals surface area contributed by atoms with Crippen LogP contribution in [0.25, 0.3) is 0 Å². The molecule has 12 nitrogen and oxygen atoms in total. The Labute approximate surface area is 273 Å². The van der Waals surface area contributed by atoms with Gasteiger partial charge < -0.3 is 34.9 Å². The van der Waals surface area contributed by atoms with Gasteiger partial charge in [-0.05, 0) is 76.9 Å². The lowest BCUT2D eigenvalue weighted by Gasteiger charge is -2.22. The molecule has 0 aromatic heterocycles. The summed E-state index contributed by atoms with van der Waals surface area (Å²) in [5.74, 6) is -1.28. The van der Waals surface area contributed by atoms with E-state index in [0.717, 1.165) is 15.6 Å². The van der Waals surface area contributed by atoms with E-state index >= 15 is 0 Å². The van der Waals surface area contributed by atoms with Gasteiger partial charge in [-0.3, -0.25) is 4.79 Å². The minimum Gasteiger partial charge on any atom is -0.467 e. The largest absolute Gasteiger partial charge is 0.467 e. The summed E-state index contributed by atoms with van der Waals surface area (Å²) in [6.07, 6.45) is -0.811. The SMILES string of the molecule is COC(=O)[C@@H](Cc1cccc(Br)c1)NC(=O)OC(C)(C)C.COC(=O)[C@@H](Cc1cccc(NC(C)=O)c1)NC(=O)OC(C)(C)C. The summed E-state index contributed by atoms with van der Waals surface area (Å²) in [5.41, 5.74) is 0.973. The summed E-state index contributed by atoms with van der Waals surface area (Å²) in [4.78, 5) is 58.5. The number of amides is 3. The van der Waals surface area contributed by atoms with Gasteiger partial charge in [-0.1, -0.05) is 40.2 Å². The van der Waals surface area contributed by atoms with Gasteiger partial charge in [0.05, 0.1) is 14.2 Å². The second-order valence-corrected chi connectivity index (χ2v) is 12.8. The Balaban J connectivity index is 0.000000454. The van der Waals surface area contributed by atoms with Crippen LogP contribution in [0, 0.1) is 0 Å². The maximum Gasteiger partial charge on any atom is 0.408 e. The van der Waals surface area contributed by atoms with Gasteiger partial charge >= 0.3 is 24.1 Å². The molecule has 2 aromatic carbocycles. The van der Waals surface area contributed by atoms with Crippen LogP contribution in [0.2, 0.25) is 0 Å². The third-order valence-electron chi connectivity index (χ3n) is 5.37. The van der Waals surface area contributed by atoms with Crippen LogP contribution in [0.15, 0.2) is 53.0 Å². The fourth-order valence-corrected chi connectivity index (χ4v) is 4.13. The lowest BCUT2D eigenvalue weighted by atomic mass is 10.1. The van der Waals surface area contributed by atoms with Crippen molar-refractivity contribution in [2.45, 2.75) is 84.6 Å². The number of benzene rings is 2. The van der Waals surface area contributed by atoms with Crippen molar-refractivity contribution in [3.8, 4) is 0 Å². The first-order valence-corrected chi connectivity index (χ1v) is 14.9. The molecule has 0 unspecified atom stereocenters. The normalized spacial score (nSPS) is 12.2. The standard InChI is InChI=1S/C17H24N2O5.C15H20BrNO4/c1-11(20)18-13-8-6-7-12(9-13)10-14(15(21)23-5)19-16(22)24-17(2,3)4;1-15(2,3)21-14(19)17-12(13(18)20-4)9-10-6-5-7-11(16)8-10/h6-9,14H,10H2,1-5H3,(H,18,20)(H,19,22);5-8,12H,9H2,1-4H3,(H,17,19)/t14-;12-/m11/s1. The molecule has 0 saturated carbocycles. The number of halogens is 1. The van der Waals surface area contributed by atoms with Crippen LogP contribution in [-0.2, 0) is 46.2 Å². The molecule has 13 heteroatoms. The number of esters is 2. The predicted molar refractivity (Wildman–Crippen MR) is 173 cm³/mol. The number of alkyl carbamates (subject to hydrolysis) is 2. The number of anilines is 1. The molecule has 0 aliphatic rings. The quantitative estimate of drug-likeness (QED) is 0.234. The lowest BCUT2D eigenvalue weighted by molar-refractivity contribution is -0.143. The van der Waals surface area contributed by atoms with E-state index in [1.54, 1.807) is 65.8 Å². The molecular formula is C32H44BrN3O9. The molecule has 2 atom stereocenters. The van der Waals surface area contributed by atoms with Gasteiger partial charge in [-0.25, -0.2) is 19.2 Å². The topological polar surface area (TPSA) is 158 Å². The van der Waals surface area contributed by atoms with Gasteiger partial charge in [-0.15, -0.1) is 0 Å². The smallest absolute Gasteiger partial charge is 0.408 e. The lowest BCUT2D eigenvalue weighted by Crippen LogP contribution is -2.45. The molecule has 3 amide bonds. The minimum atomic E-state index is -0.891. The molecule has 2 aromatic rings. The number of rotatable bonds is 9. The van der Waals surface area contributed by atoms with Crippen molar-refractivity contribution < 1.29 is 42.9 Å². The molecule has 3 N–H and O–H groups in total. The second-order valence-electron chi connectivity index (χ2n) is 11.9. The van der Waals surface area contributed by atoms with Crippen LogP contribution in [0.5, 0.6) is 0 Å². The molecule has 0 radical (unpaired) electrons. The summed E-state index contributed by atoms with van der Waals surface area (Å²) in [5, 5.41) is 7.72. The molecule has 0 spiro atoms. The molecule has 0 heterocycles. The number of hydrogen-bond acceptors (Lipinski definition) is 9. The number of hydrogen-bond donors (Lipinski definition) is 3. The Morgan fingerprint density at radius 3 is 1.51 bits per heavy atom. The van der Waals surface area contributed by atoms with Gasteiger partial charge in [-0.2, -0.15) is 0 Å². The van der Waals surface area contributed by atoms with E-state index in [0.29, 0.717) is 12.1 Å². The zero-order valence-electron chi connectivity index (χ0n) is 27.2. The average molecular weight is 695 g/mol. The zero-order chi connectivity index (χ0) is 34.4. The van der Waals surface area contributed by atoms with E-state index in [1.807, 2.05) is 24.3 Å². The van der Waals surface area contributed by atoms with Gasteiger partial charge in [0.15, 0.2) is 0 Å². The zero-order valence-corrected chi connectivity index (χ0v) is 28.8. The van der Waals surface area contributed by atoms with Gasteiger partial charge in [0.2, 0.25) is 5.91 Å². The summed E-state index contributed by atoms with van der Waals surface area (Å²) < 4.78 is 20.7. The molecular weight excluding hydrogens is 650 g/mol. The van der Waals surface area contributed by atoms with Gasteiger partial charge in [0.25, 0.3) is 0 Å². The number of nitrogens with one attached hydrogen (secondary N) is 3. The first kappa shape index (κ1) is 38.9. The van der Waals surface area contributed by atoms with Crippen molar-refractivity contribution in [2.75, 3.05) is 19.5 Å². The van der Waals surface area contributed by atoms with Crippen LogP contribution in [0.4, 0.5) is 15.3 Å². The molecule has 0 aliphatic carbocycles. The summed E-state index contributed by atoms with van der Waals surface area (Å²) in [6, 6.07) is 12.8. The number of ether oxygens (including phenoxy) is 4. The fourth-order valence-electron chi connectivity index (χ4n) is 3.69. The molecule has 0 saturated heterocycles. The molecule has 2 rings (SSSR count). The van der Waals surface area contributed by atoms with Crippen molar-refractivity contribution in [3.63, 3.8) is 0 Å². The fraction of sp³-hybridized carbons (Fsp3) is 0.469. The molecule has 248 valence electrons. The van der Waals surface area contributed by atoms with E-state index in [-0.39, 0.29) is 12.3 Å². The molecule has 0 fully saturated rings. The first-order chi connectivity index (χ1) is 20.8. The van der Waals surface area contributed by atoms with Crippen molar-refractivity contribution >= 4 is 51.6 Å². The van der Waals surface area contributed by atoms with E-state index in [9.17, 15) is 24.0 Å². The predicted octanol–water partition coefficient (Wildman–Crippen LogP) is 5.31. The highest BCUT2D eigenvalue weighted by Gasteiger charge is 2.26. The van der Waals surface area contributed by atoms with Crippen LogP contribution >= 0.6 is 15.9 Å². The van der Waals surface area contributed by atoms with Crippen molar-refractivity contribution in [2.24, 2.45) is 0 Å². The van der Waals surface area contributed by atoms with E-state index in [4.69, 9.17) is 18.9 Å². The highest BCUT2D eigenvalue weighted by Crippen LogP contribution is 2.15. The maximum absolute atomic E-state index is 11.9. The Kier molecular flexibility index (Phi) is 15.5. The van der Waals surface area contributed by atoms with Crippen molar-refractivity contribution in [1.82, 2.24) is 10.6 Å². The summed E-state index contributed by atoms with van der Waals surface area (Å²) in [6.45, 7) is 11.9. The van der Waals surface area contributed by atoms with Crippen LogP contribution in [-0.4, -0.2) is 67.5 Å². The van der Waals surface area contributed by atoms with Gasteiger partial charge in [0.1, 0.15) is 23.3 Å². The Morgan fingerprint density at radius 2 is 1.13 bits per heavy atom. The number of carbonyl (C=O) groups excluding carboxylic acids is 5. The third kappa shape index (κ3) is 17.1.